The van der Waals surface area contributed by atoms with E-state index < -0.39 is 15.7 Å². The number of carbonyl (C=O) groups is 1. The first-order valence-electron chi connectivity index (χ1n) is 7.59. The summed E-state index contributed by atoms with van der Waals surface area (Å²) in [5.41, 5.74) is 2.04. The van der Waals surface area contributed by atoms with E-state index in [1.165, 1.54) is 23.5 Å². The predicted octanol–water partition coefficient (Wildman–Crippen LogP) is 4.54. The van der Waals surface area contributed by atoms with Crippen LogP contribution in [0.15, 0.2) is 57.9 Å². The van der Waals surface area contributed by atoms with Gasteiger partial charge in [0, 0.05) is 26.7 Å². The van der Waals surface area contributed by atoms with E-state index in [1.807, 2.05) is 31.2 Å². The average molecular weight is 451 g/mol. The van der Waals surface area contributed by atoms with Gasteiger partial charge in [-0.1, -0.05) is 34.1 Å². The lowest BCUT2D eigenvalue weighted by molar-refractivity contribution is 0.102. The number of carbonyl (C=O) groups excluding carboxylic acids is 1. The van der Waals surface area contributed by atoms with Gasteiger partial charge in [0.2, 0.25) is 0 Å². The van der Waals surface area contributed by atoms with E-state index >= 15 is 0 Å². The van der Waals surface area contributed by atoms with E-state index in [0.717, 1.165) is 26.9 Å². The summed E-state index contributed by atoms with van der Waals surface area (Å²) in [4.78, 5) is 18.0. The van der Waals surface area contributed by atoms with Crippen molar-refractivity contribution in [2.24, 2.45) is 0 Å². The highest BCUT2D eigenvalue weighted by molar-refractivity contribution is 9.10. The molecule has 0 spiro atoms. The molecule has 26 heavy (non-hydrogen) atoms. The number of benzene rings is 2. The van der Waals surface area contributed by atoms with E-state index in [1.54, 1.807) is 12.1 Å². The van der Waals surface area contributed by atoms with Crippen LogP contribution in [0.1, 0.15) is 15.2 Å². The van der Waals surface area contributed by atoms with E-state index in [2.05, 4.69) is 26.2 Å². The van der Waals surface area contributed by atoms with Crippen molar-refractivity contribution >= 4 is 48.1 Å². The molecule has 134 valence electrons. The molecule has 0 saturated heterocycles. The third-order valence-corrected chi connectivity index (χ3v) is 6.18. The second-order valence-electron chi connectivity index (χ2n) is 5.68. The minimum absolute atomic E-state index is 0.107. The van der Waals surface area contributed by atoms with Gasteiger partial charge in [-0.3, -0.25) is 10.1 Å². The zero-order valence-electron chi connectivity index (χ0n) is 14.0. The van der Waals surface area contributed by atoms with Crippen molar-refractivity contribution in [3.63, 3.8) is 0 Å². The minimum atomic E-state index is -3.37. The number of halogens is 1. The van der Waals surface area contributed by atoms with Crippen LogP contribution in [0, 0.1) is 6.92 Å². The number of aromatic nitrogens is 1. The molecule has 1 aromatic heterocycles. The third kappa shape index (κ3) is 4.20. The van der Waals surface area contributed by atoms with Crippen LogP contribution in [0.2, 0.25) is 0 Å². The summed E-state index contributed by atoms with van der Waals surface area (Å²) in [6.45, 7) is 1.94. The quantitative estimate of drug-likeness (QED) is 0.632. The Balaban J connectivity index is 1.85. The zero-order valence-corrected chi connectivity index (χ0v) is 17.2. The molecule has 0 aliphatic carbocycles. The molecule has 5 nitrogen and oxygen atoms in total. The van der Waals surface area contributed by atoms with E-state index in [0.29, 0.717) is 5.13 Å². The lowest BCUT2D eigenvalue weighted by atomic mass is 10.1. The van der Waals surface area contributed by atoms with Gasteiger partial charge in [0.1, 0.15) is 0 Å². The summed E-state index contributed by atoms with van der Waals surface area (Å²) >= 11 is 4.78. The summed E-state index contributed by atoms with van der Waals surface area (Å²) in [6, 6.07) is 13.7. The molecule has 0 atom stereocenters. The second kappa shape index (κ2) is 7.30. The first kappa shape index (κ1) is 18.8. The highest BCUT2D eigenvalue weighted by Gasteiger charge is 2.15. The zero-order chi connectivity index (χ0) is 18.9. The van der Waals surface area contributed by atoms with E-state index in [9.17, 15) is 13.2 Å². The minimum Gasteiger partial charge on any atom is -0.298 e. The van der Waals surface area contributed by atoms with Gasteiger partial charge < -0.3 is 0 Å². The van der Waals surface area contributed by atoms with Crippen molar-refractivity contribution in [2.45, 2.75) is 11.8 Å². The number of nitrogens with one attached hydrogen (secondary N) is 1. The maximum absolute atomic E-state index is 12.4. The Kier molecular flexibility index (Phi) is 5.27. The SMILES string of the molecule is Cc1sc(NC(=O)c2cccc(S(C)(=O)=O)c2)nc1-c1ccc(Br)cc1. The maximum atomic E-state index is 12.4. The average Bonchev–Trinajstić information content (AvgIpc) is 2.95. The normalized spacial score (nSPS) is 11.3. The Morgan fingerprint density at radius 2 is 1.85 bits per heavy atom. The van der Waals surface area contributed by atoms with Crippen molar-refractivity contribution in [2.75, 3.05) is 11.6 Å². The molecule has 1 amide bonds. The molecule has 1 heterocycles. The summed E-state index contributed by atoms with van der Waals surface area (Å²) in [5, 5.41) is 3.21. The Bertz CT molecular complexity index is 1070. The van der Waals surface area contributed by atoms with Crippen molar-refractivity contribution < 1.29 is 13.2 Å². The number of aryl methyl sites for hydroxylation is 1. The number of nitrogens with zero attached hydrogens (tertiary/aromatic N) is 1. The van der Waals surface area contributed by atoms with Crippen LogP contribution in [-0.2, 0) is 9.84 Å². The lowest BCUT2D eigenvalue weighted by Gasteiger charge is -2.04. The molecule has 0 unspecified atom stereocenters. The summed E-state index contributed by atoms with van der Waals surface area (Å²) in [5.74, 6) is -0.397. The van der Waals surface area contributed by atoms with Crippen LogP contribution in [0.25, 0.3) is 11.3 Å². The Hall–Kier alpha value is -2.03. The van der Waals surface area contributed by atoms with Crippen molar-refractivity contribution in [3.05, 3.63) is 63.4 Å². The fraction of sp³-hybridized carbons (Fsp3) is 0.111. The van der Waals surface area contributed by atoms with Crippen LogP contribution in [-0.4, -0.2) is 25.6 Å². The fourth-order valence-corrected chi connectivity index (χ4v) is 4.12. The Labute approximate surface area is 164 Å². The van der Waals surface area contributed by atoms with Gasteiger partial charge in [0.25, 0.3) is 5.91 Å². The number of sulfone groups is 1. The van der Waals surface area contributed by atoms with E-state index in [-0.39, 0.29) is 10.5 Å². The van der Waals surface area contributed by atoms with E-state index in [4.69, 9.17) is 0 Å². The lowest BCUT2D eigenvalue weighted by Crippen LogP contribution is -2.12. The molecule has 0 saturated carbocycles. The first-order valence-corrected chi connectivity index (χ1v) is 11.1. The summed E-state index contributed by atoms with van der Waals surface area (Å²) in [7, 11) is -3.37. The smallest absolute Gasteiger partial charge is 0.257 e. The van der Waals surface area contributed by atoms with Gasteiger partial charge in [0.15, 0.2) is 15.0 Å². The molecule has 0 radical (unpaired) electrons. The van der Waals surface area contributed by atoms with Crippen molar-refractivity contribution in [3.8, 4) is 11.3 Å². The largest absolute Gasteiger partial charge is 0.298 e. The number of thiazole rings is 1. The summed E-state index contributed by atoms with van der Waals surface area (Å²) in [6.07, 6.45) is 1.11. The molecule has 2 aromatic carbocycles. The van der Waals surface area contributed by atoms with Gasteiger partial charge in [-0.25, -0.2) is 13.4 Å². The van der Waals surface area contributed by atoms with Gasteiger partial charge in [-0.15, -0.1) is 11.3 Å². The fourth-order valence-electron chi connectivity index (χ4n) is 2.36. The third-order valence-electron chi connectivity index (χ3n) is 3.66. The number of amides is 1. The summed E-state index contributed by atoms with van der Waals surface area (Å²) < 4.78 is 24.3. The Morgan fingerprint density at radius 3 is 2.50 bits per heavy atom. The number of rotatable bonds is 4. The maximum Gasteiger partial charge on any atom is 0.257 e. The number of anilines is 1. The van der Waals surface area contributed by atoms with Gasteiger partial charge in [-0.2, -0.15) is 0 Å². The van der Waals surface area contributed by atoms with Crippen LogP contribution in [0.4, 0.5) is 5.13 Å². The van der Waals surface area contributed by atoms with Crippen molar-refractivity contribution in [1.29, 1.82) is 0 Å². The highest BCUT2D eigenvalue weighted by Crippen LogP contribution is 2.31. The standard InChI is InChI=1S/C18H15BrN2O3S2/c1-11-16(12-6-8-14(19)9-7-12)20-18(25-11)21-17(22)13-4-3-5-15(10-13)26(2,23)24/h3-10H,1-2H3,(H,20,21,22). The van der Waals surface area contributed by atoms with Crippen LogP contribution in [0.3, 0.4) is 0 Å². The van der Waals surface area contributed by atoms with Gasteiger partial charge in [0.05, 0.1) is 10.6 Å². The van der Waals surface area contributed by atoms with Crippen LogP contribution >= 0.6 is 27.3 Å². The second-order valence-corrected chi connectivity index (χ2v) is 9.82. The molecule has 3 rings (SSSR count). The monoisotopic (exact) mass is 450 g/mol. The van der Waals surface area contributed by atoms with Gasteiger partial charge in [-0.05, 0) is 37.3 Å². The molecule has 0 bridgehead atoms. The van der Waals surface area contributed by atoms with Crippen LogP contribution < -0.4 is 5.32 Å². The van der Waals surface area contributed by atoms with Crippen molar-refractivity contribution in [1.82, 2.24) is 4.98 Å². The molecule has 3 aromatic rings. The predicted molar refractivity (Wildman–Crippen MR) is 107 cm³/mol. The Morgan fingerprint density at radius 1 is 1.15 bits per heavy atom. The molecule has 8 heteroatoms. The molecule has 0 aliphatic rings. The van der Waals surface area contributed by atoms with Gasteiger partial charge >= 0.3 is 0 Å². The molecule has 0 aliphatic heterocycles. The molecule has 0 fully saturated rings. The topological polar surface area (TPSA) is 76.1 Å². The molecular formula is C18H15BrN2O3S2. The number of hydrogen-bond donors (Lipinski definition) is 1. The number of hydrogen-bond acceptors (Lipinski definition) is 5. The van der Waals surface area contributed by atoms with Crippen LogP contribution in [0.5, 0.6) is 0 Å². The molecular weight excluding hydrogens is 436 g/mol. The molecule has 1 N–H and O–H groups in total. The first-order chi connectivity index (χ1) is 12.2. The highest BCUT2D eigenvalue weighted by atomic mass is 79.9.